The molecule has 0 radical (unpaired) electrons. The SMILES string of the molecule is CC1(O)C2CC3CC(C2)CC1(N)C3. The van der Waals surface area contributed by atoms with Crippen LogP contribution >= 0.6 is 0 Å². The molecule has 74 valence electrons. The molecule has 0 amide bonds. The van der Waals surface area contributed by atoms with Gasteiger partial charge in [-0.05, 0) is 56.8 Å². The van der Waals surface area contributed by atoms with Crippen LogP contribution in [0.1, 0.15) is 39.0 Å². The highest BCUT2D eigenvalue weighted by molar-refractivity contribution is 5.16. The van der Waals surface area contributed by atoms with Gasteiger partial charge in [0.25, 0.3) is 0 Å². The molecule has 3 unspecified atom stereocenters. The van der Waals surface area contributed by atoms with Crippen LogP contribution in [0.4, 0.5) is 0 Å². The zero-order chi connectivity index (χ0) is 9.27. The summed E-state index contributed by atoms with van der Waals surface area (Å²) in [6, 6.07) is 0. The molecule has 0 aromatic rings. The Bertz CT molecular complexity index is 234. The predicted molar refractivity (Wildman–Crippen MR) is 51.1 cm³/mol. The van der Waals surface area contributed by atoms with Gasteiger partial charge in [0.05, 0.1) is 5.60 Å². The molecule has 4 aliphatic carbocycles. The van der Waals surface area contributed by atoms with Crippen LogP contribution in [-0.2, 0) is 0 Å². The molecule has 0 aromatic heterocycles. The fraction of sp³-hybridized carbons (Fsp3) is 1.00. The van der Waals surface area contributed by atoms with Crippen LogP contribution in [0.15, 0.2) is 0 Å². The van der Waals surface area contributed by atoms with Crippen molar-refractivity contribution in [3.63, 3.8) is 0 Å². The number of hydrogen-bond acceptors (Lipinski definition) is 2. The van der Waals surface area contributed by atoms with Crippen molar-refractivity contribution in [1.82, 2.24) is 0 Å². The Morgan fingerprint density at radius 1 is 1.15 bits per heavy atom. The zero-order valence-electron chi connectivity index (χ0n) is 8.29. The van der Waals surface area contributed by atoms with Crippen LogP contribution in [0, 0.1) is 17.8 Å². The molecule has 4 rings (SSSR count). The van der Waals surface area contributed by atoms with E-state index in [9.17, 15) is 5.11 Å². The first-order valence-electron chi connectivity index (χ1n) is 5.52. The van der Waals surface area contributed by atoms with E-state index in [1.165, 1.54) is 19.3 Å². The van der Waals surface area contributed by atoms with Gasteiger partial charge in [-0.25, -0.2) is 0 Å². The minimum absolute atomic E-state index is 0.248. The summed E-state index contributed by atoms with van der Waals surface area (Å²) in [5.74, 6) is 2.13. The van der Waals surface area contributed by atoms with Gasteiger partial charge in [-0.2, -0.15) is 0 Å². The third-order valence-corrected chi connectivity index (χ3v) is 5.01. The summed E-state index contributed by atoms with van der Waals surface area (Å²) in [6.45, 7) is 1.97. The topological polar surface area (TPSA) is 46.2 Å². The summed E-state index contributed by atoms with van der Waals surface area (Å²) in [4.78, 5) is 0. The minimum Gasteiger partial charge on any atom is -0.388 e. The van der Waals surface area contributed by atoms with Crippen molar-refractivity contribution in [3.05, 3.63) is 0 Å². The van der Waals surface area contributed by atoms with Gasteiger partial charge in [-0.1, -0.05) is 0 Å². The van der Waals surface area contributed by atoms with Crippen LogP contribution in [0.2, 0.25) is 0 Å². The first-order chi connectivity index (χ1) is 6.01. The number of nitrogens with two attached hydrogens (primary N) is 1. The largest absolute Gasteiger partial charge is 0.388 e. The van der Waals surface area contributed by atoms with Gasteiger partial charge in [-0.15, -0.1) is 0 Å². The van der Waals surface area contributed by atoms with Crippen LogP contribution in [-0.4, -0.2) is 16.2 Å². The van der Waals surface area contributed by atoms with E-state index >= 15 is 0 Å². The minimum atomic E-state index is -0.583. The van der Waals surface area contributed by atoms with Crippen LogP contribution in [0.25, 0.3) is 0 Å². The molecular formula is C11H19NO. The number of rotatable bonds is 0. The first kappa shape index (κ1) is 8.25. The number of aliphatic hydroxyl groups is 1. The number of hydrogen-bond donors (Lipinski definition) is 2. The molecule has 3 atom stereocenters. The molecule has 4 saturated carbocycles. The molecule has 0 aromatic carbocycles. The lowest BCUT2D eigenvalue weighted by Crippen LogP contribution is -2.71. The van der Waals surface area contributed by atoms with Gasteiger partial charge < -0.3 is 10.8 Å². The Labute approximate surface area is 79.5 Å². The molecule has 4 fully saturated rings. The molecule has 0 spiro atoms. The second-order valence-electron chi connectivity index (χ2n) is 5.85. The molecule has 2 nitrogen and oxygen atoms in total. The van der Waals surface area contributed by atoms with Gasteiger partial charge in [0, 0.05) is 5.54 Å². The summed E-state index contributed by atoms with van der Waals surface area (Å²) in [5, 5.41) is 10.4. The molecule has 0 heterocycles. The highest BCUT2D eigenvalue weighted by atomic mass is 16.3. The fourth-order valence-corrected chi connectivity index (χ4v) is 4.29. The smallest absolute Gasteiger partial charge is 0.0826 e. The third kappa shape index (κ3) is 0.861. The first-order valence-corrected chi connectivity index (χ1v) is 5.52. The Hall–Kier alpha value is -0.0800. The maximum absolute atomic E-state index is 10.4. The van der Waals surface area contributed by atoms with E-state index in [0.717, 1.165) is 24.7 Å². The van der Waals surface area contributed by atoms with Gasteiger partial charge in [0.2, 0.25) is 0 Å². The molecule has 3 N–H and O–H groups in total. The van der Waals surface area contributed by atoms with Gasteiger partial charge in [0.15, 0.2) is 0 Å². The normalized spacial score (nSPS) is 64.4. The van der Waals surface area contributed by atoms with Crippen LogP contribution < -0.4 is 5.73 Å². The Morgan fingerprint density at radius 2 is 1.69 bits per heavy atom. The summed E-state index contributed by atoms with van der Waals surface area (Å²) in [6.07, 6.45) is 5.95. The van der Waals surface area contributed by atoms with Crippen molar-refractivity contribution in [2.24, 2.45) is 23.5 Å². The van der Waals surface area contributed by atoms with Crippen LogP contribution in [0.3, 0.4) is 0 Å². The quantitative estimate of drug-likeness (QED) is 0.591. The maximum Gasteiger partial charge on any atom is 0.0826 e. The second kappa shape index (κ2) is 2.12. The molecule has 0 aliphatic heterocycles. The van der Waals surface area contributed by atoms with Gasteiger partial charge >= 0.3 is 0 Å². The summed E-state index contributed by atoms with van der Waals surface area (Å²) in [5.41, 5.74) is 5.52. The molecule has 2 heteroatoms. The Balaban J connectivity index is 2.03. The summed E-state index contributed by atoms with van der Waals surface area (Å²) >= 11 is 0. The van der Waals surface area contributed by atoms with E-state index in [2.05, 4.69) is 0 Å². The molecule has 13 heavy (non-hydrogen) atoms. The van der Waals surface area contributed by atoms with E-state index in [0.29, 0.717) is 5.92 Å². The predicted octanol–water partition coefficient (Wildman–Crippen LogP) is 1.27. The van der Waals surface area contributed by atoms with E-state index in [-0.39, 0.29) is 5.54 Å². The third-order valence-electron chi connectivity index (χ3n) is 5.01. The summed E-state index contributed by atoms with van der Waals surface area (Å²) < 4.78 is 0. The fourth-order valence-electron chi connectivity index (χ4n) is 4.29. The van der Waals surface area contributed by atoms with Crippen molar-refractivity contribution < 1.29 is 5.11 Å². The Morgan fingerprint density at radius 3 is 2.15 bits per heavy atom. The average Bonchev–Trinajstić information content (AvgIpc) is 1.99. The molecule has 0 saturated heterocycles. The van der Waals surface area contributed by atoms with Crippen molar-refractivity contribution in [2.75, 3.05) is 0 Å². The van der Waals surface area contributed by atoms with Gasteiger partial charge in [0.1, 0.15) is 0 Å². The van der Waals surface area contributed by atoms with E-state index in [1.54, 1.807) is 0 Å². The monoisotopic (exact) mass is 181 g/mol. The lowest BCUT2D eigenvalue weighted by atomic mass is 9.47. The Kier molecular flexibility index (Phi) is 1.34. The lowest BCUT2D eigenvalue weighted by Gasteiger charge is -2.63. The average molecular weight is 181 g/mol. The maximum atomic E-state index is 10.4. The van der Waals surface area contributed by atoms with Crippen molar-refractivity contribution in [3.8, 4) is 0 Å². The molecule has 4 aliphatic rings. The van der Waals surface area contributed by atoms with Crippen molar-refractivity contribution in [1.29, 1.82) is 0 Å². The molecular weight excluding hydrogens is 162 g/mol. The zero-order valence-corrected chi connectivity index (χ0v) is 8.29. The van der Waals surface area contributed by atoms with Gasteiger partial charge in [-0.3, -0.25) is 0 Å². The van der Waals surface area contributed by atoms with E-state index in [1.807, 2.05) is 6.92 Å². The summed E-state index contributed by atoms with van der Waals surface area (Å²) in [7, 11) is 0. The van der Waals surface area contributed by atoms with E-state index < -0.39 is 5.60 Å². The van der Waals surface area contributed by atoms with Crippen molar-refractivity contribution >= 4 is 0 Å². The van der Waals surface area contributed by atoms with E-state index in [4.69, 9.17) is 5.73 Å². The van der Waals surface area contributed by atoms with Crippen molar-refractivity contribution in [2.45, 2.75) is 50.2 Å². The molecule has 4 bridgehead atoms. The standard InChI is InChI=1S/C11H19NO/c1-10(13)9-3-7-2-8(4-9)6-11(10,12)5-7/h7-9,13H,2-6,12H2,1H3. The van der Waals surface area contributed by atoms with Crippen LogP contribution in [0.5, 0.6) is 0 Å². The lowest BCUT2D eigenvalue weighted by molar-refractivity contribution is -0.174. The highest BCUT2D eigenvalue weighted by Gasteiger charge is 2.61. The highest BCUT2D eigenvalue weighted by Crippen LogP contribution is 2.58. The second-order valence-corrected chi connectivity index (χ2v) is 5.85.